The number of halogens is 1. The molecule has 6 heteroatoms. The van der Waals surface area contributed by atoms with Crippen LogP contribution in [0, 0.1) is 5.82 Å². The summed E-state index contributed by atoms with van der Waals surface area (Å²) in [5, 5.41) is 15.3. The van der Waals surface area contributed by atoms with Crippen molar-refractivity contribution in [2.24, 2.45) is 0 Å². The summed E-state index contributed by atoms with van der Waals surface area (Å²) in [7, 11) is 0. The van der Waals surface area contributed by atoms with E-state index >= 15 is 0 Å². The summed E-state index contributed by atoms with van der Waals surface area (Å²) in [6, 6.07) is 5.00. The molecule has 1 heterocycles. The second-order valence-electron chi connectivity index (χ2n) is 4.68. The highest BCUT2D eigenvalue weighted by molar-refractivity contribution is 5.89. The molecule has 1 fully saturated rings. The Kier molecular flexibility index (Phi) is 4.01. The topological polar surface area (TPSA) is 70.6 Å². The van der Waals surface area contributed by atoms with Crippen molar-refractivity contribution in [3.8, 4) is 0 Å². The van der Waals surface area contributed by atoms with Gasteiger partial charge in [0.2, 0.25) is 0 Å². The predicted molar refractivity (Wildman–Crippen MR) is 68.4 cm³/mol. The van der Waals surface area contributed by atoms with Gasteiger partial charge in [-0.15, -0.1) is 0 Å². The van der Waals surface area contributed by atoms with Gasteiger partial charge < -0.3 is 20.5 Å². The molecule has 2 amide bonds. The van der Waals surface area contributed by atoms with Crippen molar-refractivity contribution in [2.75, 3.05) is 18.5 Å². The van der Waals surface area contributed by atoms with Gasteiger partial charge in [0.15, 0.2) is 0 Å². The van der Waals surface area contributed by atoms with Gasteiger partial charge in [0, 0.05) is 18.7 Å². The van der Waals surface area contributed by atoms with Crippen LogP contribution in [0.2, 0.25) is 0 Å². The number of anilines is 1. The number of nitrogens with one attached hydrogen (secondary N) is 2. The van der Waals surface area contributed by atoms with Crippen LogP contribution in [0.3, 0.4) is 0 Å². The Morgan fingerprint density at radius 2 is 2.21 bits per heavy atom. The van der Waals surface area contributed by atoms with Gasteiger partial charge in [0.1, 0.15) is 11.4 Å². The summed E-state index contributed by atoms with van der Waals surface area (Å²) in [5.74, 6) is -0.364. The first-order valence-electron chi connectivity index (χ1n) is 6.14. The van der Waals surface area contributed by atoms with Crippen LogP contribution >= 0.6 is 0 Å². The summed E-state index contributed by atoms with van der Waals surface area (Å²) < 4.78 is 18.0. The third kappa shape index (κ3) is 3.42. The standard InChI is InChI=1S/C13H17FN2O3/c1-9-13(18,6-7-19-9)8-15-12(17)16-11-4-2-10(14)3-5-11/h2-5,9,18H,6-8H2,1H3,(H2,15,16,17). The van der Waals surface area contributed by atoms with Gasteiger partial charge in [-0.05, 0) is 31.2 Å². The van der Waals surface area contributed by atoms with E-state index in [-0.39, 0.29) is 18.5 Å². The third-order valence-corrected chi connectivity index (χ3v) is 3.32. The van der Waals surface area contributed by atoms with E-state index in [4.69, 9.17) is 4.74 Å². The van der Waals surface area contributed by atoms with Crippen LogP contribution in [0.1, 0.15) is 13.3 Å². The molecule has 0 spiro atoms. The van der Waals surface area contributed by atoms with E-state index in [0.29, 0.717) is 18.7 Å². The number of hydrogen-bond acceptors (Lipinski definition) is 3. The predicted octanol–water partition coefficient (Wildman–Crippen LogP) is 1.49. The lowest BCUT2D eigenvalue weighted by molar-refractivity contribution is -0.0241. The Balaban J connectivity index is 1.83. The fourth-order valence-corrected chi connectivity index (χ4v) is 1.94. The molecule has 5 nitrogen and oxygen atoms in total. The first kappa shape index (κ1) is 13.8. The van der Waals surface area contributed by atoms with Crippen molar-refractivity contribution in [3.05, 3.63) is 30.1 Å². The van der Waals surface area contributed by atoms with Crippen molar-refractivity contribution in [1.82, 2.24) is 5.32 Å². The number of rotatable bonds is 3. The number of carbonyl (C=O) groups excluding carboxylic acids is 1. The molecule has 1 aromatic carbocycles. The first-order valence-corrected chi connectivity index (χ1v) is 6.14. The van der Waals surface area contributed by atoms with Gasteiger partial charge in [0.25, 0.3) is 0 Å². The molecule has 3 N–H and O–H groups in total. The Hall–Kier alpha value is -1.66. The van der Waals surface area contributed by atoms with Gasteiger partial charge in [-0.1, -0.05) is 0 Å². The van der Waals surface area contributed by atoms with E-state index in [9.17, 15) is 14.3 Å². The van der Waals surface area contributed by atoms with Crippen LogP contribution in [0.5, 0.6) is 0 Å². The number of ether oxygens (including phenoxy) is 1. The van der Waals surface area contributed by atoms with Gasteiger partial charge in [-0.25, -0.2) is 9.18 Å². The molecule has 1 aliphatic rings. The van der Waals surface area contributed by atoms with E-state index in [1.54, 1.807) is 6.92 Å². The van der Waals surface area contributed by atoms with E-state index < -0.39 is 11.6 Å². The third-order valence-electron chi connectivity index (χ3n) is 3.32. The zero-order chi connectivity index (χ0) is 13.9. The SMILES string of the molecule is CC1OCCC1(O)CNC(=O)Nc1ccc(F)cc1. The van der Waals surface area contributed by atoms with E-state index in [0.717, 1.165) is 0 Å². The van der Waals surface area contributed by atoms with Crippen molar-refractivity contribution < 1.29 is 19.0 Å². The molecule has 0 bridgehead atoms. The number of carbonyl (C=O) groups is 1. The number of amides is 2. The highest BCUT2D eigenvalue weighted by atomic mass is 19.1. The Morgan fingerprint density at radius 1 is 1.53 bits per heavy atom. The zero-order valence-electron chi connectivity index (χ0n) is 10.6. The monoisotopic (exact) mass is 268 g/mol. The highest BCUT2D eigenvalue weighted by Crippen LogP contribution is 2.24. The van der Waals surface area contributed by atoms with Crippen molar-refractivity contribution >= 4 is 11.7 Å². The molecule has 1 aromatic rings. The average molecular weight is 268 g/mol. The summed E-state index contributed by atoms with van der Waals surface area (Å²) in [6.07, 6.45) is 0.184. The average Bonchev–Trinajstić information content (AvgIpc) is 2.71. The Bertz CT molecular complexity index is 452. The maximum absolute atomic E-state index is 12.7. The van der Waals surface area contributed by atoms with Crippen molar-refractivity contribution in [2.45, 2.75) is 25.0 Å². The summed E-state index contributed by atoms with van der Waals surface area (Å²) in [6.45, 7) is 2.37. The number of urea groups is 1. The lowest BCUT2D eigenvalue weighted by atomic mass is 9.97. The summed E-state index contributed by atoms with van der Waals surface area (Å²) in [4.78, 5) is 11.6. The molecule has 0 saturated carbocycles. The minimum atomic E-state index is -1.03. The highest BCUT2D eigenvalue weighted by Gasteiger charge is 2.39. The maximum atomic E-state index is 12.7. The second-order valence-corrected chi connectivity index (χ2v) is 4.68. The van der Waals surface area contributed by atoms with Crippen LogP contribution in [0.25, 0.3) is 0 Å². The molecular weight excluding hydrogens is 251 g/mol. The number of benzene rings is 1. The Labute approximate surface area is 110 Å². The lowest BCUT2D eigenvalue weighted by Crippen LogP contribution is -2.48. The van der Waals surface area contributed by atoms with E-state index in [1.165, 1.54) is 24.3 Å². The van der Waals surface area contributed by atoms with Gasteiger partial charge >= 0.3 is 6.03 Å². The summed E-state index contributed by atoms with van der Waals surface area (Å²) in [5.41, 5.74) is -0.540. The zero-order valence-corrected chi connectivity index (χ0v) is 10.6. The quantitative estimate of drug-likeness (QED) is 0.777. The molecule has 2 atom stereocenters. The number of hydrogen-bond donors (Lipinski definition) is 3. The van der Waals surface area contributed by atoms with Crippen LogP contribution in [-0.2, 0) is 4.74 Å². The molecule has 19 heavy (non-hydrogen) atoms. The molecule has 2 unspecified atom stereocenters. The van der Waals surface area contributed by atoms with Gasteiger partial charge in [-0.2, -0.15) is 0 Å². The van der Waals surface area contributed by atoms with Crippen LogP contribution in [0.15, 0.2) is 24.3 Å². The van der Waals surface area contributed by atoms with E-state index in [2.05, 4.69) is 10.6 Å². The minimum Gasteiger partial charge on any atom is -0.385 e. The van der Waals surface area contributed by atoms with Crippen molar-refractivity contribution in [1.29, 1.82) is 0 Å². The van der Waals surface area contributed by atoms with Gasteiger partial charge in [-0.3, -0.25) is 0 Å². The largest absolute Gasteiger partial charge is 0.385 e. The van der Waals surface area contributed by atoms with Gasteiger partial charge in [0.05, 0.1) is 12.6 Å². The molecule has 1 aliphatic heterocycles. The molecule has 1 saturated heterocycles. The molecular formula is C13H17FN2O3. The lowest BCUT2D eigenvalue weighted by Gasteiger charge is -2.26. The summed E-state index contributed by atoms with van der Waals surface area (Å²) >= 11 is 0. The van der Waals surface area contributed by atoms with E-state index in [1.807, 2.05) is 0 Å². The Morgan fingerprint density at radius 3 is 2.79 bits per heavy atom. The molecule has 0 aliphatic carbocycles. The number of aliphatic hydroxyl groups is 1. The van der Waals surface area contributed by atoms with Crippen LogP contribution < -0.4 is 10.6 Å². The fraction of sp³-hybridized carbons (Fsp3) is 0.462. The maximum Gasteiger partial charge on any atom is 0.319 e. The second kappa shape index (κ2) is 5.54. The normalized spacial score (nSPS) is 26.2. The minimum absolute atomic E-state index is 0.112. The van der Waals surface area contributed by atoms with Crippen LogP contribution in [-0.4, -0.2) is 36.0 Å². The van der Waals surface area contributed by atoms with Crippen LogP contribution in [0.4, 0.5) is 14.9 Å². The van der Waals surface area contributed by atoms with Crippen molar-refractivity contribution in [3.63, 3.8) is 0 Å². The molecule has 0 aromatic heterocycles. The molecule has 2 rings (SSSR count). The first-order chi connectivity index (χ1) is 8.99. The smallest absolute Gasteiger partial charge is 0.319 e. The molecule has 0 radical (unpaired) electrons. The molecule has 104 valence electrons. The fourth-order valence-electron chi connectivity index (χ4n) is 1.94.